The predicted octanol–water partition coefficient (Wildman–Crippen LogP) is 4.24. The van der Waals surface area contributed by atoms with E-state index < -0.39 is 17.5 Å². The summed E-state index contributed by atoms with van der Waals surface area (Å²) in [5.41, 5.74) is 0.876. The van der Waals surface area contributed by atoms with E-state index >= 15 is 0 Å². The van der Waals surface area contributed by atoms with Crippen LogP contribution in [0.3, 0.4) is 0 Å². The zero-order valence-corrected chi connectivity index (χ0v) is 17.0. The molecule has 0 saturated carbocycles. The topological polar surface area (TPSA) is 79.7 Å². The minimum atomic E-state index is -0.732. The van der Waals surface area contributed by atoms with Crippen LogP contribution in [-0.2, 0) is 14.2 Å². The van der Waals surface area contributed by atoms with Crippen LogP contribution in [0, 0.1) is 5.41 Å². The Morgan fingerprint density at radius 3 is 2.36 bits per heavy atom. The van der Waals surface area contributed by atoms with Gasteiger partial charge in [-0.1, -0.05) is 44.2 Å². The first-order chi connectivity index (χ1) is 13.2. The van der Waals surface area contributed by atoms with Crippen LogP contribution in [0.2, 0.25) is 0 Å². The van der Waals surface area contributed by atoms with Crippen molar-refractivity contribution < 1.29 is 23.8 Å². The van der Waals surface area contributed by atoms with Crippen molar-refractivity contribution >= 4 is 12.1 Å². The number of nitrogens with zero attached hydrogens (tertiary/aromatic N) is 2. The van der Waals surface area contributed by atoms with Crippen LogP contribution < -0.4 is 0 Å². The van der Waals surface area contributed by atoms with Crippen molar-refractivity contribution in [1.82, 2.24) is 9.55 Å². The Bertz CT molecular complexity index is 783. The highest BCUT2D eigenvalue weighted by Gasteiger charge is 2.25. The van der Waals surface area contributed by atoms with Gasteiger partial charge in [-0.3, -0.25) is 0 Å². The molecule has 2 rings (SSSR count). The molecular weight excluding hydrogens is 360 g/mol. The molecule has 2 aromatic rings. The van der Waals surface area contributed by atoms with Crippen LogP contribution in [0.4, 0.5) is 4.79 Å². The van der Waals surface area contributed by atoms with Gasteiger partial charge in [-0.25, -0.2) is 14.6 Å². The maximum Gasteiger partial charge on any atom is 0.508 e. The summed E-state index contributed by atoms with van der Waals surface area (Å²) in [5.74, 6) is -0.474. The normalized spacial score (nSPS) is 12.5. The lowest BCUT2D eigenvalue weighted by molar-refractivity contribution is -0.00881. The molecule has 0 radical (unpaired) electrons. The fourth-order valence-corrected chi connectivity index (χ4v) is 2.52. The summed E-state index contributed by atoms with van der Waals surface area (Å²) >= 11 is 0. The second-order valence-corrected chi connectivity index (χ2v) is 7.72. The molecule has 7 heteroatoms. The number of rotatable bonds is 8. The molecule has 7 nitrogen and oxygen atoms in total. The average molecular weight is 388 g/mol. The Morgan fingerprint density at radius 2 is 1.71 bits per heavy atom. The minimum Gasteiger partial charge on any atom is -0.460 e. The summed E-state index contributed by atoms with van der Waals surface area (Å²) in [6.45, 7) is 9.32. The van der Waals surface area contributed by atoms with Gasteiger partial charge in [0.2, 0.25) is 0 Å². The number of benzene rings is 1. The summed E-state index contributed by atoms with van der Waals surface area (Å²) in [4.78, 5) is 28.2. The highest BCUT2D eigenvalue weighted by atomic mass is 16.7. The van der Waals surface area contributed by atoms with Gasteiger partial charge >= 0.3 is 12.1 Å². The SMILES string of the molecule is CC(C)OC(=O)OCC(C)(C)COC(=O)c1cncn1[C@H](C)c1ccccc1. The summed E-state index contributed by atoms with van der Waals surface area (Å²) in [6, 6.07) is 9.78. The van der Waals surface area contributed by atoms with E-state index in [4.69, 9.17) is 14.2 Å². The molecule has 1 heterocycles. The average Bonchev–Trinajstić information content (AvgIpc) is 3.14. The third-order valence-corrected chi connectivity index (χ3v) is 4.08. The molecule has 0 bridgehead atoms. The van der Waals surface area contributed by atoms with Crippen molar-refractivity contribution in [3.05, 3.63) is 54.1 Å². The number of aromatic nitrogens is 2. The molecule has 0 N–H and O–H groups in total. The smallest absolute Gasteiger partial charge is 0.460 e. The number of hydrogen-bond acceptors (Lipinski definition) is 6. The van der Waals surface area contributed by atoms with Gasteiger partial charge in [0.1, 0.15) is 18.9 Å². The first-order valence-electron chi connectivity index (χ1n) is 9.27. The molecule has 1 atom stereocenters. The van der Waals surface area contributed by atoms with E-state index in [1.807, 2.05) is 51.1 Å². The monoisotopic (exact) mass is 388 g/mol. The fraction of sp³-hybridized carbons (Fsp3) is 0.476. The van der Waals surface area contributed by atoms with Crippen molar-refractivity contribution in [3.8, 4) is 0 Å². The van der Waals surface area contributed by atoms with Crippen molar-refractivity contribution in [1.29, 1.82) is 0 Å². The Morgan fingerprint density at radius 1 is 1.07 bits per heavy atom. The largest absolute Gasteiger partial charge is 0.508 e. The van der Waals surface area contributed by atoms with Gasteiger partial charge < -0.3 is 18.8 Å². The predicted molar refractivity (Wildman–Crippen MR) is 104 cm³/mol. The van der Waals surface area contributed by atoms with Gasteiger partial charge in [0.15, 0.2) is 0 Å². The number of ether oxygens (including phenoxy) is 3. The molecule has 0 saturated heterocycles. The van der Waals surface area contributed by atoms with Crippen LogP contribution in [0.25, 0.3) is 0 Å². The molecule has 0 fully saturated rings. The first-order valence-corrected chi connectivity index (χ1v) is 9.27. The number of hydrogen-bond donors (Lipinski definition) is 0. The van der Waals surface area contributed by atoms with E-state index in [0.29, 0.717) is 5.69 Å². The van der Waals surface area contributed by atoms with Gasteiger partial charge in [-0.05, 0) is 26.3 Å². The molecule has 0 aliphatic carbocycles. The van der Waals surface area contributed by atoms with Crippen LogP contribution in [0.15, 0.2) is 42.9 Å². The Hall–Kier alpha value is -2.83. The highest BCUT2D eigenvalue weighted by molar-refractivity contribution is 5.87. The molecule has 0 unspecified atom stereocenters. The standard InChI is InChI=1S/C21H28N2O5/c1-15(2)28-20(25)27-13-21(4,5)12-26-19(24)18-11-22-14-23(18)16(3)17-9-7-6-8-10-17/h6-11,14-16H,12-13H2,1-5H3/t16-/m1/s1. The quantitative estimate of drug-likeness (QED) is 0.630. The lowest BCUT2D eigenvalue weighted by atomic mass is 9.96. The molecule has 152 valence electrons. The molecule has 1 aromatic heterocycles. The van der Waals surface area contributed by atoms with Crippen LogP contribution in [0.5, 0.6) is 0 Å². The Balaban J connectivity index is 1.95. The Labute approximate surface area is 165 Å². The van der Waals surface area contributed by atoms with E-state index in [0.717, 1.165) is 5.56 Å². The van der Waals surface area contributed by atoms with Crippen LogP contribution in [-0.4, -0.2) is 41.0 Å². The van der Waals surface area contributed by atoms with Crippen molar-refractivity contribution in [2.75, 3.05) is 13.2 Å². The van der Waals surface area contributed by atoms with Gasteiger partial charge in [-0.2, -0.15) is 0 Å². The number of carbonyl (C=O) groups excluding carboxylic acids is 2. The second kappa shape index (κ2) is 9.39. The van der Waals surface area contributed by atoms with E-state index in [1.165, 1.54) is 6.20 Å². The van der Waals surface area contributed by atoms with Crippen LogP contribution in [0.1, 0.15) is 56.7 Å². The first kappa shape index (κ1) is 21.5. The zero-order chi connectivity index (χ0) is 20.7. The molecular formula is C21H28N2O5. The van der Waals surface area contributed by atoms with E-state index in [9.17, 15) is 9.59 Å². The van der Waals surface area contributed by atoms with Crippen molar-refractivity contribution in [2.45, 2.75) is 46.8 Å². The molecule has 1 aromatic carbocycles. The van der Waals surface area contributed by atoms with Gasteiger partial charge in [0, 0.05) is 5.41 Å². The van der Waals surface area contributed by atoms with E-state index in [1.54, 1.807) is 24.7 Å². The maximum absolute atomic E-state index is 12.6. The molecule has 0 spiro atoms. The molecule has 28 heavy (non-hydrogen) atoms. The summed E-state index contributed by atoms with van der Waals surface area (Å²) in [6.07, 6.45) is 2.12. The minimum absolute atomic E-state index is 0.0617. The molecule has 0 aliphatic rings. The lowest BCUT2D eigenvalue weighted by Gasteiger charge is -2.24. The second-order valence-electron chi connectivity index (χ2n) is 7.72. The van der Waals surface area contributed by atoms with E-state index in [-0.39, 0.29) is 25.4 Å². The third-order valence-electron chi connectivity index (χ3n) is 4.08. The highest BCUT2D eigenvalue weighted by Crippen LogP contribution is 2.21. The third kappa shape index (κ3) is 6.11. The van der Waals surface area contributed by atoms with Gasteiger partial charge in [-0.15, -0.1) is 0 Å². The molecule has 0 aliphatic heterocycles. The van der Waals surface area contributed by atoms with Gasteiger partial charge in [0.25, 0.3) is 0 Å². The fourth-order valence-electron chi connectivity index (χ4n) is 2.52. The van der Waals surface area contributed by atoms with Gasteiger partial charge in [0.05, 0.1) is 24.7 Å². The molecule has 0 amide bonds. The summed E-state index contributed by atoms with van der Waals surface area (Å²) < 4.78 is 17.3. The van der Waals surface area contributed by atoms with Crippen LogP contribution >= 0.6 is 0 Å². The number of imidazole rings is 1. The van der Waals surface area contributed by atoms with Crippen molar-refractivity contribution in [2.24, 2.45) is 5.41 Å². The number of carbonyl (C=O) groups is 2. The Kier molecular flexibility index (Phi) is 7.20. The zero-order valence-electron chi connectivity index (χ0n) is 17.0. The summed E-state index contributed by atoms with van der Waals surface area (Å²) in [5, 5.41) is 0. The van der Waals surface area contributed by atoms with E-state index in [2.05, 4.69) is 4.98 Å². The lowest BCUT2D eigenvalue weighted by Crippen LogP contribution is -2.30. The summed E-state index contributed by atoms with van der Waals surface area (Å²) in [7, 11) is 0. The maximum atomic E-state index is 12.6. The number of esters is 1. The van der Waals surface area contributed by atoms with Crippen molar-refractivity contribution in [3.63, 3.8) is 0 Å².